The molecule has 2 aromatic carbocycles. The molecule has 1 aliphatic heterocycles. The van der Waals surface area contributed by atoms with Crippen LogP contribution >= 0.6 is 0 Å². The normalized spacial score (nSPS) is 17.5. The molecule has 0 aliphatic carbocycles. The lowest BCUT2D eigenvalue weighted by Gasteiger charge is -2.26. The van der Waals surface area contributed by atoms with Crippen molar-refractivity contribution in [3.8, 4) is 11.5 Å². The van der Waals surface area contributed by atoms with E-state index in [-0.39, 0.29) is 11.9 Å². The van der Waals surface area contributed by atoms with Crippen molar-refractivity contribution in [2.24, 2.45) is 4.99 Å². The van der Waals surface area contributed by atoms with E-state index in [9.17, 15) is 5.11 Å². The van der Waals surface area contributed by atoms with Gasteiger partial charge in [0.15, 0.2) is 0 Å². The second kappa shape index (κ2) is 5.71. The Morgan fingerprint density at radius 2 is 1.67 bits per heavy atom. The molecule has 0 spiro atoms. The van der Waals surface area contributed by atoms with Gasteiger partial charge in [0, 0.05) is 13.2 Å². The molecular weight excluding hydrogens is 264 g/mol. The predicted molar refractivity (Wildman–Crippen MR) is 82.7 cm³/mol. The van der Waals surface area contributed by atoms with Crippen LogP contribution in [0.3, 0.4) is 0 Å². The third-order valence-electron chi connectivity index (χ3n) is 3.23. The molecule has 2 aromatic rings. The Hall–Kier alpha value is -2.75. The highest BCUT2D eigenvalue weighted by Crippen LogP contribution is 2.27. The number of aliphatic hydroxyl groups excluding tert-OH is 1. The van der Waals surface area contributed by atoms with E-state index in [0.717, 1.165) is 17.1 Å². The SMILES string of the molecule is CN1C=C(O)C=NC1c1ccc(Oc2ccccc2)cc1. The quantitative estimate of drug-likeness (QED) is 0.927. The first-order valence-electron chi connectivity index (χ1n) is 6.71. The van der Waals surface area contributed by atoms with Gasteiger partial charge in [0.1, 0.15) is 23.4 Å². The number of rotatable bonds is 3. The van der Waals surface area contributed by atoms with Crippen LogP contribution in [0.4, 0.5) is 0 Å². The number of aliphatic imine (C=N–C) groups is 1. The Kier molecular flexibility index (Phi) is 3.60. The third-order valence-corrected chi connectivity index (χ3v) is 3.23. The smallest absolute Gasteiger partial charge is 0.149 e. The molecule has 0 saturated carbocycles. The van der Waals surface area contributed by atoms with Crippen molar-refractivity contribution in [1.29, 1.82) is 0 Å². The number of hydrogen-bond donors (Lipinski definition) is 1. The molecule has 0 saturated heterocycles. The average Bonchev–Trinajstić information content (AvgIpc) is 2.49. The van der Waals surface area contributed by atoms with E-state index in [4.69, 9.17) is 4.74 Å². The van der Waals surface area contributed by atoms with Crippen molar-refractivity contribution in [1.82, 2.24) is 4.90 Å². The summed E-state index contributed by atoms with van der Waals surface area (Å²) in [6.45, 7) is 0. The standard InChI is InChI=1S/C17H16N2O2/c1-19-12-14(20)11-18-17(19)13-7-9-16(10-8-13)21-15-5-3-2-4-6-15/h2-12,17,20H,1H3. The summed E-state index contributed by atoms with van der Waals surface area (Å²) < 4.78 is 5.76. The number of para-hydroxylation sites is 1. The highest BCUT2D eigenvalue weighted by atomic mass is 16.5. The predicted octanol–water partition coefficient (Wildman–Crippen LogP) is 3.89. The zero-order valence-electron chi connectivity index (χ0n) is 11.7. The van der Waals surface area contributed by atoms with E-state index < -0.39 is 0 Å². The molecular formula is C17H16N2O2. The Labute approximate surface area is 123 Å². The summed E-state index contributed by atoms with van der Waals surface area (Å²) in [6, 6.07) is 17.5. The van der Waals surface area contributed by atoms with Crippen LogP contribution in [0.25, 0.3) is 0 Å². The monoisotopic (exact) mass is 280 g/mol. The van der Waals surface area contributed by atoms with Crippen molar-refractivity contribution in [3.63, 3.8) is 0 Å². The number of hydrogen-bond acceptors (Lipinski definition) is 4. The van der Waals surface area contributed by atoms with Crippen molar-refractivity contribution < 1.29 is 9.84 Å². The molecule has 1 aliphatic rings. The van der Waals surface area contributed by atoms with Gasteiger partial charge in [0.05, 0.1) is 6.21 Å². The molecule has 106 valence electrons. The number of benzene rings is 2. The zero-order valence-corrected chi connectivity index (χ0v) is 11.7. The van der Waals surface area contributed by atoms with Gasteiger partial charge in [-0.1, -0.05) is 30.3 Å². The maximum absolute atomic E-state index is 9.40. The molecule has 1 N–H and O–H groups in total. The van der Waals surface area contributed by atoms with E-state index in [0.29, 0.717) is 0 Å². The van der Waals surface area contributed by atoms with Crippen LogP contribution in [-0.2, 0) is 0 Å². The van der Waals surface area contributed by atoms with Crippen LogP contribution in [0.15, 0.2) is 71.5 Å². The van der Waals surface area contributed by atoms with Gasteiger partial charge < -0.3 is 14.7 Å². The van der Waals surface area contributed by atoms with E-state index in [1.165, 1.54) is 6.21 Å². The summed E-state index contributed by atoms with van der Waals surface area (Å²) in [7, 11) is 1.88. The number of nitrogens with zero attached hydrogens (tertiary/aromatic N) is 2. The van der Waals surface area contributed by atoms with Crippen molar-refractivity contribution in [2.75, 3.05) is 7.05 Å². The fraction of sp³-hybridized carbons (Fsp3) is 0.118. The van der Waals surface area contributed by atoms with Gasteiger partial charge in [0.2, 0.25) is 0 Å². The summed E-state index contributed by atoms with van der Waals surface area (Å²) >= 11 is 0. The molecule has 4 nitrogen and oxygen atoms in total. The molecule has 4 heteroatoms. The number of ether oxygens (including phenoxy) is 1. The minimum Gasteiger partial charge on any atom is -0.505 e. The van der Waals surface area contributed by atoms with Crippen LogP contribution < -0.4 is 4.74 Å². The third kappa shape index (κ3) is 3.05. The summed E-state index contributed by atoms with van der Waals surface area (Å²) in [5.74, 6) is 1.76. The van der Waals surface area contributed by atoms with Crippen molar-refractivity contribution >= 4 is 6.21 Å². The molecule has 1 unspecified atom stereocenters. The molecule has 0 fully saturated rings. The summed E-state index contributed by atoms with van der Waals surface area (Å²) in [5, 5.41) is 9.40. The molecule has 0 amide bonds. The van der Waals surface area contributed by atoms with E-state index >= 15 is 0 Å². The molecule has 0 bridgehead atoms. The van der Waals surface area contributed by atoms with Crippen LogP contribution in [-0.4, -0.2) is 23.3 Å². The van der Waals surface area contributed by atoms with Crippen LogP contribution in [0, 0.1) is 0 Å². The fourth-order valence-corrected chi connectivity index (χ4v) is 2.22. The lowest BCUT2D eigenvalue weighted by Crippen LogP contribution is -2.21. The average molecular weight is 280 g/mol. The number of aliphatic hydroxyl groups is 1. The second-order valence-corrected chi connectivity index (χ2v) is 4.86. The Bertz CT molecular complexity index is 663. The van der Waals surface area contributed by atoms with Crippen LogP contribution in [0.1, 0.15) is 11.7 Å². The largest absolute Gasteiger partial charge is 0.505 e. The summed E-state index contributed by atoms with van der Waals surface area (Å²) in [4.78, 5) is 6.18. The fourth-order valence-electron chi connectivity index (χ4n) is 2.22. The second-order valence-electron chi connectivity index (χ2n) is 4.86. The highest BCUT2D eigenvalue weighted by Gasteiger charge is 2.16. The first-order valence-corrected chi connectivity index (χ1v) is 6.71. The van der Waals surface area contributed by atoms with Gasteiger partial charge in [0.25, 0.3) is 0 Å². The first kappa shape index (κ1) is 13.2. The Morgan fingerprint density at radius 1 is 1.00 bits per heavy atom. The van der Waals surface area contributed by atoms with E-state index in [1.54, 1.807) is 6.20 Å². The molecule has 21 heavy (non-hydrogen) atoms. The van der Waals surface area contributed by atoms with Gasteiger partial charge in [-0.15, -0.1) is 0 Å². The van der Waals surface area contributed by atoms with Gasteiger partial charge in [-0.25, -0.2) is 0 Å². The molecule has 0 aromatic heterocycles. The molecule has 0 radical (unpaired) electrons. The summed E-state index contributed by atoms with van der Waals surface area (Å²) in [5.41, 5.74) is 1.04. The maximum atomic E-state index is 9.40. The minimum atomic E-state index is -0.119. The first-order chi connectivity index (χ1) is 10.2. The minimum absolute atomic E-state index is 0.119. The molecule has 1 heterocycles. The van der Waals surface area contributed by atoms with Crippen molar-refractivity contribution in [2.45, 2.75) is 6.17 Å². The summed E-state index contributed by atoms with van der Waals surface area (Å²) in [6.07, 6.45) is 3.01. The molecule has 3 rings (SSSR count). The lowest BCUT2D eigenvalue weighted by molar-refractivity contribution is 0.315. The van der Waals surface area contributed by atoms with E-state index in [2.05, 4.69) is 4.99 Å². The zero-order chi connectivity index (χ0) is 14.7. The number of allylic oxidation sites excluding steroid dienone is 1. The van der Waals surface area contributed by atoms with Crippen LogP contribution in [0.2, 0.25) is 0 Å². The van der Waals surface area contributed by atoms with E-state index in [1.807, 2.05) is 66.5 Å². The maximum Gasteiger partial charge on any atom is 0.149 e. The van der Waals surface area contributed by atoms with Gasteiger partial charge in [-0.2, -0.15) is 0 Å². The highest BCUT2D eigenvalue weighted by molar-refractivity contribution is 5.76. The van der Waals surface area contributed by atoms with Crippen LogP contribution in [0.5, 0.6) is 11.5 Å². The Balaban J connectivity index is 1.74. The topological polar surface area (TPSA) is 45.1 Å². The van der Waals surface area contributed by atoms with Gasteiger partial charge >= 0.3 is 0 Å². The molecule has 1 atom stereocenters. The lowest BCUT2D eigenvalue weighted by atomic mass is 10.1. The van der Waals surface area contributed by atoms with Crippen molar-refractivity contribution in [3.05, 3.63) is 72.1 Å². The van der Waals surface area contributed by atoms with Gasteiger partial charge in [-0.3, -0.25) is 4.99 Å². The van der Waals surface area contributed by atoms with Gasteiger partial charge in [-0.05, 0) is 29.8 Å². The Morgan fingerprint density at radius 3 is 2.33 bits per heavy atom.